The highest BCUT2D eigenvalue weighted by atomic mass is 127. The van der Waals surface area contributed by atoms with Gasteiger partial charge in [-0.2, -0.15) is 0 Å². The molecule has 92 valence electrons. The van der Waals surface area contributed by atoms with Crippen LogP contribution in [0.15, 0.2) is 48.5 Å². The molecule has 0 saturated carbocycles. The van der Waals surface area contributed by atoms with Crippen molar-refractivity contribution in [2.75, 3.05) is 6.61 Å². The standard InChI is InChI=1S/C14H10ClIO2/c15-13-4-2-1-3-12(13)14(17)9-18-11-7-5-10(16)6-8-11/h1-8H,9H2. The van der Waals surface area contributed by atoms with Gasteiger partial charge in [-0.3, -0.25) is 4.79 Å². The van der Waals surface area contributed by atoms with Crippen LogP contribution in [0.2, 0.25) is 5.02 Å². The van der Waals surface area contributed by atoms with Crippen LogP contribution in [0.5, 0.6) is 5.75 Å². The van der Waals surface area contributed by atoms with Gasteiger partial charge in [-0.15, -0.1) is 0 Å². The Bertz CT molecular complexity index is 552. The highest BCUT2D eigenvalue weighted by molar-refractivity contribution is 14.1. The number of rotatable bonds is 4. The molecule has 4 heteroatoms. The summed E-state index contributed by atoms with van der Waals surface area (Å²) in [6, 6.07) is 14.5. The van der Waals surface area contributed by atoms with Crippen LogP contribution in [0, 0.1) is 3.57 Å². The minimum Gasteiger partial charge on any atom is -0.485 e. The molecule has 0 unspecified atom stereocenters. The van der Waals surface area contributed by atoms with E-state index in [2.05, 4.69) is 22.6 Å². The van der Waals surface area contributed by atoms with Crippen molar-refractivity contribution in [1.29, 1.82) is 0 Å². The summed E-state index contributed by atoms with van der Waals surface area (Å²) in [7, 11) is 0. The summed E-state index contributed by atoms with van der Waals surface area (Å²) in [5, 5.41) is 0.453. The first-order chi connectivity index (χ1) is 8.66. The van der Waals surface area contributed by atoms with Crippen molar-refractivity contribution in [3.63, 3.8) is 0 Å². The van der Waals surface area contributed by atoms with Crippen LogP contribution >= 0.6 is 34.2 Å². The number of halogens is 2. The molecule has 0 bridgehead atoms. The quantitative estimate of drug-likeness (QED) is 0.594. The highest BCUT2D eigenvalue weighted by Crippen LogP contribution is 2.17. The van der Waals surface area contributed by atoms with E-state index in [4.69, 9.17) is 16.3 Å². The van der Waals surface area contributed by atoms with Crippen LogP contribution in [-0.4, -0.2) is 12.4 Å². The molecule has 0 aliphatic carbocycles. The van der Waals surface area contributed by atoms with Gasteiger partial charge in [0.05, 0.1) is 5.02 Å². The van der Waals surface area contributed by atoms with Crippen molar-refractivity contribution in [3.8, 4) is 5.75 Å². The third kappa shape index (κ3) is 3.46. The van der Waals surface area contributed by atoms with Crippen LogP contribution in [0.1, 0.15) is 10.4 Å². The summed E-state index contributed by atoms with van der Waals surface area (Å²) in [5.41, 5.74) is 0.490. The summed E-state index contributed by atoms with van der Waals surface area (Å²) < 4.78 is 6.54. The number of carbonyl (C=O) groups is 1. The molecule has 0 aliphatic heterocycles. The van der Waals surface area contributed by atoms with E-state index in [0.29, 0.717) is 16.3 Å². The zero-order valence-electron chi connectivity index (χ0n) is 9.40. The molecule has 0 fully saturated rings. The first kappa shape index (κ1) is 13.4. The van der Waals surface area contributed by atoms with Gasteiger partial charge in [0.2, 0.25) is 5.78 Å². The fourth-order valence-electron chi connectivity index (χ4n) is 1.44. The smallest absolute Gasteiger partial charge is 0.201 e. The van der Waals surface area contributed by atoms with E-state index in [1.54, 1.807) is 24.3 Å². The number of hydrogen-bond acceptors (Lipinski definition) is 2. The lowest BCUT2D eigenvalue weighted by Gasteiger charge is -2.06. The van der Waals surface area contributed by atoms with Gasteiger partial charge in [-0.25, -0.2) is 0 Å². The van der Waals surface area contributed by atoms with E-state index in [9.17, 15) is 4.79 Å². The number of ketones is 1. The summed E-state index contributed by atoms with van der Waals surface area (Å²) in [4.78, 5) is 11.9. The molecule has 0 atom stereocenters. The number of ether oxygens (including phenoxy) is 1. The molecule has 0 spiro atoms. The molecular formula is C14H10ClIO2. The number of Topliss-reactive ketones (excluding diaryl/α,β-unsaturated/α-hetero) is 1. The van der Waals surface area contributed by atoms with E-state index in [1.165, 1.54) is 0 Å². The topological polar surface area (TPSA) is 26.3 Å². The number of benzene rings is 2. The molecule has 0 aromatic heterocycles. The predicted molar refractivity (Wildman–Crippen MR) is 80.4 cm³/mol. The molecule has 2 aromatic carbocycles. The van der Waals surface area contributed by atoms with Gasteiger partial charge in [0.25, 0.3) is 0 Å². The zero-order valence-corrected chi connectivity index (χ0v) is 12.3. The summed E-state index contributed by atoms with van der Waals surface area (Å²) in [6.07, 6.45) is 0. The molecule has 2 nitrogen and oxygen atoms in total. The summed E-state index contributed by atoms with van der Waals surface area (Å²) >= 11 is 8.16. The lowest BCUT2D eigenvalue weighted by atomic mass is 10.1. The molecule has 0 amide bonds. The molecule has 0 aliphatic rings. The minimum absolute atomic E-state index is 0.00960. The van der Waals surface area contributed by atoms with Crippen LogP contribution in [0.4, 0.5) is 0 Å². The molecule has 2 aromatic rings. The largest absolute Gasteiger partial charge is 0.485 e. The van der Waals surface area contributed by atoms with Gasteiger partial charge in [-0.1, -0.05) is 23.7 Å². The van der Waals surface area contributed by atoms with Crippen molar-refractivity contribution in [2.45, 2.75) is 0 Å². The van der Waals surface area contributed by atoms with Crippen molar-refractivity contribution >= 4 is 40.0 Å². The Balaban J connectivity index is 2.01. The second kappa shape index (κ2) is 6.20. The highest BCUT2D eigenvalue weighted by Gasteiger charge is 2.10. The second-order valence-electron chi connectivity index (χ2n) is 3.65. The van der Waals surface area contributed by atoms with Gasteiger partial charge < -0.3 is 4.74 Å². The molecule has 0 N–H and O–H groups in total. The van der Waals surface area contributed by atoms with Gasteiger partial charge >= 0.3 is 0 Å². The SMILES string of the molecule is O=C(COc1ccc(I)cc1)c1ccccc1Cl. The fourth-order valence-corrected chi connectivity index (χ4v) is 2.05. The average molecular weight is 373 g/mol. The average Bonchev–Trinajstić information content (AvgIpc) is 2.38. The first-order valence-electron chi connectivity index (χ1n) is 5.33. The van der Waals surface area contributed by atoms with Gasteiger partial charge in [-0.05, 0) is 59.0 Å². The summed E-state index contributed by atoms with van der Waals surface area (Å²) in [6.45, 7) is -0.00960. The summed E-state index contributed by atoms with van der Waals surface area (Å²) in [5.74, 6) is 0.551. The predicted octanol–water partition coefficient (Wildman–Crippen LogP) is 4.21. The Labute approximate surface area is 124 Å². The van der Waals surface area contributed by atoms with Crippen molar-refractivity contribution in [3.05, 3.63) is 62.7 Å². The maximum Gasteiger partial charge on any atom is 0.201 e. The lowest BCUT2D eigenvalue weighted by molar-refractivity contribution is 0.0921. The van der Waals surface area contributed by atoms with E-state index in [1.807, 2.05) is 24.3 Å². The normalized spacial score (nSPS) is 10.1. The second-order valence-corrected chi connectivity index (χ2v) is 5.30. The van der Waals surface area contributed by atoms with E-state index in [0.717, 1.165) is 3.57 Å². The van der Waals surface area contributed by atoms with E-state index < -0.39 is 0 Å². The third-order valence-electron chi connectivity index (χ3n) is 2.36. The molecule has 0 radical (unpaired) electrons. The number of hydrogen-bond donors (Lipinski definition) is 0. The van der Waals surface area contributed by atoms with E-state index >= 15 is 0 Å². The third-order valence-corrected chi connectivity index (χ3v) is 3.41. The maximum absolute atomic E-state index is 11.9. The lowest BCUT2D eigenvalue weighted by Crippen LogP contribution is -2.11. The molecule has 18 heavy (non-hydrogen) atoms. The molecule has 0 saturated heterocycles. The van der Waals surface area contributed by atoms with Gasteiger partial charge in [0.15, 0.2) is 6.61 Å². The Morgan fingerprint density at radius 1 is 1.11 bits per heavy atom. The van der Waals surface area contributed by atoms with Crippen LogP contribution in [-0.2, 0) is 0 Å². The van der Waals surface area contributed by atoms with Crippen LogP contribution in [0.25, 0.3) is 0 Å². The van der Waals surface area contributed by atoms with Crippen LogP contribution in [0.3, 0.4) is 0 Å². The Morgan fingerprint density at radius 2 is 1.78 bits per heavy atom. The van der Waals surface area contributed by atoms with Gasteiger partial charge in [0.1, 0.15) is 5.75 Å². The minimum atomic E-state index is -0.126. The Hall–Kier alpha value is -1.07. The van der Waals surface area contributed by atoms with Crippen molar-refractivity contribution in [1.82, 2.24) is 0 Å². The number of carbonyl (C=O) groups excluding carboxylic acids is 1. The zero-order chi connectivity index (χ0) is 13.0. The monoisotopic (exact) mass is 372 g/mol. The van der Waals surface area contributed by atoms with Crippen molar-refractivity contribution < 1.29 is 9.53 Å². The Kier molecular flexibility index (Phi) is 4.60. The Morgan fingerprint density at radius 3 is 2.44 bits per heavy atom. The van der Waals surface area contributed by atoms with Crippen LogP contribution < -0.4 is 4.74 Å². The van der Waals surface area contributed by atoms with Crippen molar-refractivity contribution in [2.24, 2.45) is 0 Å². The molecule has 0 heterocycles. The fraction of sp³-hybridized carbons (Fsp3) is 0.0714. The van der Waals surface area contributed by atoms with E-state index in [-0.39, 0.29) is 12.4 Å². The maximum atomic E-state index is 11.9. The molecular weight excluding hydrogens is 363 g/mol. The van der Waals surface area contributed by atoms with Gasteiger partial charge in [0, 0.05) is 9.13 Å². The molecule has 2 rings (SSSR count). The first-order valence-corrected chi connectivity index (χ1v) is 6.78.